The van der Waals surface area contributed by atoms with E-state index in [-0.39, 0.29) is 0 Å². The highest BCUT2D eigenvalue weighted by Crippen LogP contribution is 2.32. The van der Waals surface area contributed by atoms with Gasteiger partial charge in [-0.2, -0.15) is 0 Å². The molecule has 28 heavy (non-hydrogen) atoms. The fourth-order valence-corrected chi connectivity index (χ4v) is 4.28. The first-order valence-electron chi connectivity index (χ1n) is 8.91. The summed E-state index contributed by atoms with van der Waals surface area (Å²) in [4.78, 5) is 14.1. The largest absolute Gasteiger partial charge is 0.468 e. The summed E-state index contributed by atoms with van der Waals surface area (Å²) in [5.41, 5.74) is 1.32. The fourth-order valence-electron chi connectivity index (χ4n) is 3.19. The summed E-state index contributed by atoms with van der Waals surface area (Å²) in [5.74, 6) is 1.35. The second-order valence-corrected chi connectivity index (χ2v) is 7.71. The third-order valence-electron chi connectivity index (χ3n) is 4.55. The average Bonchev–Trinajstić information content (AvgIpc) is 3.45. The molecule has 9 heteroatoms. The first kappa shape index (κ1) is 18.9. The number of nitrogens with zero attached hydrogens (tertiary/aromatic N) is 4. The Balaban J connectivity index is 1.66. The van der Waals surface area contributed by atoms with Crippen molar-refractivity contribution in [3.63, 3.8) is 0 Å². The van der Waals surface area contributed by atoms with Crippen molar-refractivity contribution < 1.29 is 13.9 Å². The van der Waals surface area contributed by atoms with Gasteiger partial charge in [0, 0.05) is 18.1 Å². The Bertz CT molecular complexity index is 981. The molecule has 4 rings (SSSR count). The van der Waals surface area contributed by atoms with Gasteiger partial charge in [-0.15, -0.1) is 10.2 Å². The predicted molar refractivity (Wildman–Crippen MR) is 107 cm³/mol. The van der Waals surface area contributed by atoms with Crippen LogP contribution in [0.15, 0.2) is 46.2 Å². The van der Waals surface area contributed by atoms with Gasteiger partial charge >= 0.3 is 5.97 Å². The fraction of sp³-hybridized carbons (Fsp3) is 0.316. The number of halogens is 1. The minimum absolute atomic E-state index is 0.418. The van der Waals surface area contributed by atoms with Crippen LogP contribution < -0.4 is 4.90 Å². The van der Waals surface area contributed by atoms with E-state index in [1.165, 1.54) is 25.1 Å². The Morgan fingerprint density at radius 2 is 2.11 bits per heavy atom. The van der Waals surface area contributed by atoms with Gasteiger partial charge in [-0.05, 0) is 37.1 Å². The Morgan fingerprint density at radius 1 is 1.29 bits per heavy atom. The van der Waals surface area contributed by atoms with Gasteiger partial charge in [0.25, 0.3) is 0 Å². The van der Waals surface area contributed by atoms with Gasteiger partial charge in [0.05, 0.1) is 24.8 Å². The van der Waals surface area contributed by atoms with Crippen molar-refractivity contribution in [3.8, 4) is 5.69 Å². The molecule has 0 saturated carbocycles. The number of aromatic nitrogens is 3. The Morgan fingerprint density at radius 3 is 2.86 bits per heavy atom. The summed E-state index contributed by atoms with van der Waals surface area (Å²) in [5, 5.41) is 10.2. The molecule has 1 saturated heterocycles. The Labute approximate surface area is 171 Å². The molecule has 0 N–H and O–H groups in total. The van der Waals surface area contributed by atoms with Crippen molar-refractivity contribution in [1.29, 1.82) is 0 Å². The Kier molecular flexibility index (Phi) is 5.59. The molecule has 0 amide bonds. The highest BCUT2D eigenvalue weighted by atomic mass is 35.5. The van der Waals surface area contributed by atoms with Crippen LogP contribution >= 0.6 is 23.4 Å². The van der Waals surface area contributed by atoms with E-state index >= 15 is 0 Å². The summed E-state index contributed by atoms with van der Waals surface area (Å²) < 4.78 is 12.3. The van der Waals surface area contributed by atoms with E-state index < -0.39 is 5.97 Å². The van der Waals surface area contributed by atoms with E-state index in [0.29, 0.717) is 27.3 Å². The molecular formula is C19H19ClN4O3S. The van der Waals surface area contributed by atoms with Crippen molar-refractivity contribution in [2.45, 2.75) is 23.8 Å². The predicted octanol–water partition coefficient (Wildman–Crippen LogP) is 4.19. The molecule has 0 spiro atoms. The summed E-state index contributed by atoms with van der Waals surface area (Å²) in [7, 11) is 1.35. The van der Waals surface area contributed by atoms with Crippen molar-refractivity contribution in [2.24, 2.45) is 0 Å². The molecule has 146 valence electrons. The number of ether oxygens (including phenoxy) is 1. The minimum atomic E-state index is -0.418. The SMILES string of the molecule is COC(=O)c1ccoc1CSc1nnc(N2CCCC2)n1-c1cccc(Cl)c1. The number of carbonyl (C=O) groups excluding carboxylic acids is 1. The second-order valence-electron chi connectivity index (χ2n) is 6.33. The quantitative estimate of drug-likeness (QED) is 0.439. The number of furan rings is 1. The highest BCUT2D eigenvalue weighted by Gasteiger charge is 2.23. The van der Waals surface area contributed by atoms with E-state index in [0.717, 1.165) is 37.6 Å². The van der Waals surface area contributed by atoms with Crippen LogP contribution in [0.25, 0.3) is 5.69 Å². The molecule has 0 aliphatic carbocycles. The summed E-state index contributed by atoms with van der Waals surface area (Å²) >= 11 is 7.66. The number of anilines is 1. The van der Waals surface area contributed by atoms with Gasteiger partial charge in [-0.1, -0.05) is 29.4 Å². The smallest absolute Gasteiger partial charge is 0.341 e. The van der Waals surface area contributed by atoms with Crippen LogP contribution in [-0.4, -0.2) is 40.9 Å². The molecule has 7 nitrogen and oxygen atoms in total. The lowest BCUT2D eigenvalue weighted by Crippen LogP contribution is -2.22. The number of methoxy groups -OCH3 is 1. The standard InChI is InChI=1S/C19H19ClN4O3S/c1-26-17(25)15-7-10-27-16(15)12-28-19-22-21-18(23-8-2-3-9-23)24(19)14-6-4-5-13(20)11-14/h4-7,10-11H,2-3,8-9,12H2,1H3. The highest BCUT2D eigenvalue weighted by molar-refractivity contribution is 7.98. The zero-order valence-electron chi connectivity index (χ0n) is 15.3. The second kappa shape index (κ2) is 8.28. The number of rotatable bonds is 6. The average molecular weight is 419 g/mol. The molecule has 0 radical (unpaired) electrons. The number of thioether (sulfide) groups is 1. The normalized spacial score (nSPS) is 13.9. The zero-order valence-corrected chi connectivity index (χ0v) is 16.9. The van der Waals surface area contributed by atoms with Crippen LogP contribution in [0.4, 0.5) is 5.95 Å². The maximum absolute atomic E-state index is 11.9. The Hall–Kier alpha value is -2.45. The molecular weight excluding hydrogens is 400 g/mol. The molecule has 0 atom stereocenters. The van der Waals surface area contributed by atoms with E-state index in [1.54, 1.807) is 6.07 Å². The molecule has 3 aromatic rings. The lowest BCUT2D eigenvalue weighted by atomic mass is 10.3. The number of hydrogen-bond acceptors (Lipinski definition) is 7. The zero-order chi connectivity index (χ0) is 19.5. The third-order valence-corrected chi connectivity index (χ3v) is 5.72. The van der Waals surface area contributed by atoms with Crippen LogP contribution in [-0.2, 0) is 10.5 Å². The van der Waals surface area contributed by atoms with Gasteiger partial charge in [0.1, 0.15) is 11.3 Å². The number of esters is 1. The van der Waals surface area contributed by atoms with E-state index in [2.05, 4.69) is 15.1 Å². The maximum atomic E-state index is 11.9. The lowest BCUT2D eigenvalue weighted by molar-refractivity contribution is 0.0598. The molecule has 0 bridgehead atoms. The van der Waals surface area contributed by atoms with Crippen LogP contribution in [0.1, 0.15) is 29.0 Å². The monoisotopic (exact) mass is 418 g/mol. The molecule has 1 aliphatic heterocycles. The lowest BCUT2D eigenvalue weighted by Gasteiger charge is -2.18. The third kappa shape index (κ3) is 3.74. The first-order chi connectivity index (χ1) is 13.7. The van der Waals surface area contributed by atoms with Crippen LogP contribution in [0, 0.1) is 0 Å². The maximum Gasteiger partial charge on any atom is 0.341 e. The molecule has 2 aromatic heterocycles. The van der Waals surface area contributed by atoms with Gasteiger partial charge in [0.2, 0.25) is 5.95 Å². The van der Waals surface area contributed by atoms with Crippen molar-refractivity contribution in [2.75, 3.05) is 25.1 Å². The van der Waals surface area contributed by atoms with Crippen LogP contribution in [0.2, 0.25) is 5.02 Å². The van der Waals surface area contributed by atoms with Gasteiger partial charge in [-0.3, -0.25) is 4.57 Å². The van der Waals surface area contributed by atoms with Gasteiger partial charge in [-0.25, -0.2) is 4.79 Å². The molecule has 1 fully saturated rings. The van der Waals surface area contributed by atoms with E-state index in [1.807, 2.05) is 28.8 Å². The topological polar surface area (TPSA) is 73.4 Å². The molecule has 1 aromatic carbocycles. The first-order valence-corrected chi connectivity index (χ1v) is 10.3. The number of hydrogen-bond donors (Lipinski definition) is 0. The van der Waals surface area contributed by atoms with Crippen molar-refractivity contribution >= 4 is 35.3 Å². The summed E-state index contributed by atoms with van der Waals surface area (Å²) in [6.07, 6.45) is 3.76. The van der Waals surface area contributed by atoms with Crippen LogP contribution in [0.5, 0.6) is 0 Å². The number of carbonyl (C=O) groups is 1. The van der Waals surface area contributed by atoms with Crippen LogP contribution in [0.3, 0.4) is 0 Å². The molecule has 1 aliphatic rings. The van der Waals surface area contributed by atoms with Gasteiger partial charge < -0.3 is 14.1 Å². The van der Waals surface area contributed by atoms with Crippen molar-refractivity contribution in [3.05, 3.63) is 52.9 Å². The number of benzene rings is 1. The van der Waals surface area contributed by atoms with Gasteiger partial charge in [0.15, 0.2) is 5.16 Å². The molecule has 0 unspecified atom stereocenters. The summed E-state index contributed by atoms with van der Waals surface area (Å²) in [6.45, 7) is 1.90. The van der Waals surface area contributed by atoms with E-state index in [9.17, 15) is 4.79 Å². The molecule has 3 heterocycles. The van der Waals surface area contributed by atoms with E-state index in [4.69, 9.17) is 20.8 Å². The van der Waals surface area contributed by atoms with Crippen molar-refractivity contribution in [1.82, 2.24) is 14.8 Å². The minimum Gasteiger partial charge on any atom is -0.468 e. The summed E-state index contributed by atoms with van der Waals surface area (Å²) in [6, 6.07) is 9.22.